The molecule has 24 heavy (non-hydrogen) atoms. The number of nitrogens with zero attached hydrogens (tertiary/aromatic N) is 1. The van der Waals surface area contributed by atoms with Crippen molar-refractivity contribution >= 4 is 5.97 Å². The van der Waals surface area contributed by atoms with Crippen molar-refractivity contribution in [3.8, 4) is 5.75 Å². The third-order valence-corrected chi connectivity index (χ3v) is 4.01. The topological polar surface area (TPSA) is 60.5 Å². The summed E-state index contributed by atoms with van der Waals surface area (Å²) < 4.78 is 10.9. The van der Waals surface area contributed by atoms with Gasteiger partial charge in [0.1, 0.15) is 11.4 Å². The largest absolute Gasteiger partial charge is 0.490 e. The van der Waals surface area contributed by atoms with Crippen molar-refractivity contribution in [2.24, 2.45) is 0 Å². The van der Waals surface area contributed by atoms with Gasteiger partial charge in [-0.15, -0.1) is 0 Å². The Morgan fingerprint density at radius 1 is 1.29 bits per heavy atom. The van der Waals surface area contributed by atoms with Crippen LogP contribution in [0.15, 0.2) is 42.5 Å². The molecule has 1 aliphatic heterocycles. The zero-order valence-electron chi connectivity index (χ0n) is 14.0. The third-order valence-electron chi connectivity index (χ3n) is 4.01. The molecular formula is C19H22N2O3. The molecule has 0 amide bonds. The highest BCUT2D eigenvalue weighted by molar-refractivity contribution is 5.87. The molecule has 1 aliphatic rings. The van der Waals surface area contributed by atoms with Gasteiger partial charge in [-0.3, -0.25) is 0 Å². The van der Waals surface area contributed by atoms with Gasteiger partial charge in [0.05, 0.1) is 18.4 Å². The van der Waals surface area contributed by atoms with Crippen LogP contribution in [-0.4, -0.2) is 23.7 Å². The van der Waals surface area contributed by atoms with Gasteiger partial charge in [0.25, 0.3) is 0 Å². The normalized spacial score (nSPS) is 19.2. The van der Waals surface area contributed by atoms with E-state index in [0.717, 1.165) is 23.4 Å². The Morgan fingerprint density at radius 3 is 2.96 bits per heavy atom. The first kappa shape index (κ1) is 16.5. The summed E-state index contributed by atoms with van der Waals surface area (Å²) in [4.78, 5) is 16.2. The summed E-state index contributed by atoms with van der Waals surface area (Å²) in [6.45, 7) is 4.79. The SMILES string of the molecule is CCOC(=O)c1cccc(CN[C@@H]2C[C@@H](C)Oc3ccccc32)n1. The molecule has 0 saturated carbocycles. The van der Waals surface area contributed by atoms with Crippen molar-refractivity contribution in [2.45, 2.75) is 39.0 Å². The van der Waals surface area contributed by atoms with Gasteiger partial charge in [-0.2, -0.15) is 0 Å². The highest BCUT2D eigenvalue weighted by Gasteiger charge is 2.25. The van der Waals surface area contributed by atoms with E-state index in [1.54, 1.807) is 13.0 Å². The number of rotatable bonds is 5. The summed E-state index contributed by atoms with van der Waals surface area (Å²) in [5.74, 6) is 0.548. The van der Waals surface area contributed by atoms with E-state index in [1.807, 2.05) is 30.3 Å². The van der Waals surface area contributed by atoms with Crippen molar-refractivity contribution in [3.63, 3.8) is 0 Å². The minimum atomic E-state index is -0.385. The van der Waals surface area contributed by atoms with E-state index in [4.69, 9.17) is 9.47 Å². The Hall–Kier alpha value is -2.40. The van der Waals surface area contributed by atoms with Gasteiger partial charge >= 0.3 is 5.97 Å². The molecule has 1 aromatic carbocycles. The molecule has 1 N–H and O–H groups in total. The van der Waals surface area contributed by atoms with E-state index in [1.165, 1.54) is 0 Å². The fourth-order valence-electron chi connectivity index (χ4n) is 2.92. The van der Waals surface area contributed by atoms with Crippen LogP contribution in [0.5, 0.6) is 5.75 Å². The molecule has 126 valence electrons. The van der Waals surface area contributed by atoms with Crippen LogP contribution < -0.4 is 10.1 Å². The molecule has 1 aromatic heterocycles. The molecule has 0 bridgehead atoms. The van der Waals surface area contributed by atoms with Crippen LogP contribution in [0.3, 0.4) is 0 Å². The van der Waals surface area contributed by atoms with Gasteiger partial charge in [-0.1, -0.05) is 24.3 Å². The lowest BCUT2D eigenvalue weighted by molar-refractivity contribution is 0.0519. The van der Waals surface area contributed by atoms with Crippen molar-refractivity contribution in [1.82, 2.24) is 10.3 Å². The molecule has 2 aromatic rings. The first-order valence-electron chi connectivity index (χ1n) is 8.29. The number of esters is 1. The van der Waals surface area contributed by atoms with Crippen LogP contribution in [0, 0.1) is 0 Å². The number of para-hydroxylation sites is 1. The van der Waals surface area contributed by atoms with Gasteiger partial charge in [-0.25, -0.2) is 9.78 Å². The van der Waals surface area contributed by atoms with Crippen LogP contribution in [0.25, 0.3) is 0 Å². The highest BCUT2D eigenvalue weighted by Crippen LogP contribution is 2.34. The van der Waals surface area contributed by atoms with Crippen LogP contribution in [-0.2, 0) is 11.3 Å². The molecule has 0 aliphatic carbocycles. The zero-order chi connectivity index (χ0) is 16.9. The lowest BCUT2D eigenvalue weighted by Crippen LogP contribution is -2.31. The maximum atomic E-state index is 11.8. The molecule has 3 rings (SSSR count). The summed E-state index contributed by atoms with van der Waals surface area (Å²) in [5, 5.41) is 3.53. The maximum Gasteiger partial charge on any atom is 0.356 e. The summed E-state index contributed by atoms with van der Waals surface area (Å²) in [6, 6.07) is 13.7. The Balaban J connectivity index is 1.70. The molecule has 2 heterocycles. The average Bonchev–Trinajstić information content (AvgIpc) is 2.60. The molecule has 0 radical (unpaired) electrons. The molecule has 0 unspecified atom stereocenters. The van der Waals surface area contributed by atoms with Crippen LogP contribution in [0.4, 0.5) is 0 Å². The summed E-state index contributed by atoms with van der Waals surface area (Å²) in [6.07, 6.45) is 1.06. The Labute approximate surface area is 142 Å². The number of ether oxygens (including phenoxy) is 2. The number of hydrogen-bond donors (Lipinski definition) is 1. The Bertz CT molecular complexity index is 717. The maximum absolute atomic E-state index is 11.8. The first-order valence-corrected chi connectivity index (χ1v) is 8.29. The second-order valence-electron chi connectivity index (χ2n) is 5.87. The number of fused-ring (bicyclic) bond motifs is 1. The number of benzene rings is 1. The quantitative estimate of drug-likeness (QED) is 0.855. The second-order valence-corrected chi connectivity index (χ2v) is 5.87. The minimum absolute atomic E-state index is 0.163. The van der Waals surface area contributed by atoms with E-state index < -0.39 is 0 Å². The third kappa shape index (κ3) is 3.74. The van der Waals surface area contributed by atoms with Crippen molar-refractivity contribution in [2.75, 3.05) is 6.61 Å². The van der Waals surface area contributed by atoms with Gasteiger partial charge < -0.3 is 14.8 Å². The van der Waals surface area contributed by atoms with Crippen molar-refractivity contribution in [3.05, 3.63) is 59.4 Å². The zero-order valence-corrected chi connectivity index (χ0v) is 14.0. The van der Waals surface area contributed by atoms with Gasteiger partial charge in [-0.05, 0) is 32.0 Å². The van der Waals surface area contributed by atoms with Crippen LogP contribution in [0.2, 0.25) is 0 Å². The monoisotopic (exact) mass is 326 g/mol. The number of hydrogen-bond acceptors (Lipinski definition) is 5. The van der Waals surface area contributed by atoms with E-state index in [-0.39, 0.29) is 18.1 Å². The van der Waals surface area contributed by atoms with Gasteiger partial charge in [0.2, 0.25) is 0 Å². The van der Waals surface area contributed by atoms with Gasteiger partial charge in [0.15, 0.2) is 0 Å². The van der Waals surface area contributed by atoms with Crippen molar-refractivity contribution in [1.29, 1.82) is 0 Å². The number of carbonyl (C=O) groups is 1. The number of pyridine rings is 1. The van der Waals surface area contributed by atoms with E-state index in [2.05, 4.69) is 23.3 Å². The van der Waals surface area contributed by atoms with Gasteiger partial charge in [0, 0.05) is 24.6 Å². The molecule has 5 heteroatoms. The Morgan fingerprint density at radius 2 is 2.12 bits per heavy atom. The van der Waals surface area contributed by atoms with Crippen LogP contribution in [0.1, 0.15) is 48.1 Å². The summed E-state index contributed by atoms with van der Waals surface area (Å²) in [7, 11) is 0. The smallest absolute Gasteiger partial charge is 0.356 e. The molecule has 0 spiro atoms. The second kappa shape index (κ2) is 7.45. The lowest BCUT2D eigenvalue weighted by Gasteiger charge is -2.31. The lowest BCUT2D eigenvalue weighted by atomic mass is 9.97. The molecule has 2 atom stereocenters. The standard InChI is InChI=1S/C19H22N2O3/c1-3-23-19(22)16-9-6-7-14(21-16)12-20-17-11-13(2)24-18-10-5-4-8-15(17)18/h4-10,13,17,20H,3,11-12H2,1-2H3/t13-,17-/m1/s1. The predicted molar refractivity (Wildman–Crippen MR) is 90.9 cm³/mol. The highest BCUT2D eigenvalue weighted by atomic mass is 16.5. The van der Waals surface area contributed by atoms with Crippen LogP contribution >= 0.6 is 0 Å². The summed E-state index contributed by atoms with van der Waals surface area (Å²) in [5.41, 5.74) is 2.33. The Kier molecular flexibility index (Phi) is 5.11. The number of carbonyl (C=O) groups excluding carboxylic acids is 1. The number of nitrogens with one attached hydrogen (secondary N) is 1. The fourth-order valence-corrected chi connectivity index (χ4v) is 2.92. The minimum Gasteiger partial charge on any atom is -0.490 e. The molecular weight excluding hydrogens is 304 g/mol. The fraction of sp³-hybridized carbons (Fsp3) is 0.368. The average molecular weight is 326 g/mol. The molecule has 0 fully saturated rings. The van der Waals surface area contributed by atoms with E-state index in [9.17, 15) is 4.79 Å². The summed E-state index contributed by atoms with van der Waals surface area (Å²) >= 11 is 0. The van der Waals surface area contributed by atoms with E-state index in [0.29, 0.717) is 18.8 Å². The predicted octanol–water partition coefficient (Wildman–Crippen LogP) is 3.26. The van der Waals surface area contributed by atoms with E-state index >= 15 is 0 Å². The molecule has 0 saturated heterocycles. The first-order chi connectivity index (χ1) is 11.7. The van der Waals surface area contributed by atoms with Crippen molar-refractivity contribution < 1.29 is 14.3 Å². The number of aromatic nitrogens is 1. The molecule has 5 nitrogen and oxygen atoms in total.